The topological polar surface area (TPSA) is 96.3 Å². The summed E-state index contributed by atoms with van der Waals surface area (Å²) in [7, 11) is 0. The Morgan fingerprint density at radius 2 is 1.93 bits per heavy atom. The van der Waals surface area contributed by atoms with E-state index in [1.807, 2.05) is 0 Å². The van der Waals surface area contributed by atoms with Crippen molar-refractivity contribution in [2.45, 2.75) is 69.9 Å². The number of aliphatic hydroxyl groups excluding tert-OH is 2. The molecule has 3 saturated carbocycles. The number of halogens is 5. The third kappa shape index (κ3) is 3.48. The lowest BCUT2D eigenvalue weighted by atomic mass is 9.39. The second kappa shape index (κ2) is 8.86. The van der Waals surface area contributed by atoms with Crippen molar-refractivity contribution in [1.29, 1.82) is 0 Å². The number of carbonyl (C=O) groups excluding carboxylic acids is 2. The van der Waals surface area contributed by atoms with Gasteiger partial charge in [-0.05, 0) is 61.5 Å². The molecule has 0 unspecified atom stereocenters. The first-order chi connectivity index (χ1) is 19.5. The van der Waals surface area contributed by atoms with E-state index in [1.165, 1.54) is 36.3 Å². The summed E-state index contributed by atoms with van der Waals surface area (Å²) >= 11 is 0. The van der Waals surface area contributed by atoms with Crippen LogP contribution in [0.25, 0.3) is 0 Å². The lowest BCUT2D eigenvalue weighted by Gasteiger charge is -2.67. The number of rotatable bonds is 4. The summed E-state index contributed by atoms with van der Waals surface area (Å²) < 4.78 is 76.2. The normalized spacial score (nSPS) is 44.2. The van der Waals surface area contributed by atoms with Gasteiger partial charge < -0.3 is 14.9 Å². The molecule has 228 valence electrons. The van der Waals surface area contributed by atoms with Crippen LogP contribution < -0.4 is 9.80 Å². The van der Waals surface area contributed by atoms with Gasteiger partial charge in [0.2, 0.25) is 0 Å². The molecule has 0 spiro atoms. The molecule has 5 aliphatic rings. The highest BCUT2D eigenvalue weighted by molar-refractivity contribution is 6.01. The zero-order chi connectivity index (χ0) is 30.7. The molecule has 1 saturated heterocycles. The predicted molar refractivity (Wildman–Crippen MR) is 139 cm³/mol. The summed E-state index contributed by atoms with van der Waals surface area (Å²) in [5.74, 6) is -3.47. The maximum absolute atomic E-state index is 17.7. The summed E-state index contributed by atoms with van der Waals surface area (Å²) in [6.45, 7) is 3.99. The summed E-state index contributed by atoms with van der Waals surface area (Å²) in [5, 5.41) is 23.1. The van der Waals surface area contributed by atoms with Gasteiger partial charge in [0.05, 0.1) is 18.3 Å². The van der Waals surface area contributed by atoms with Crippen molar-refractivity contribution >= 4 is 17.3 Å². The van der Waals surface area contributed by atoms with Crippen molar-refractivity contribution in [3.05, 3.63) is 48.1 Å². The molecule has 4 fully saturated rings. The molecular formula is C30H32F5NO6. The third-order valence-electron chi connectivity index (χ3n) is 11.3. The number of hydrogen-bond acceptors (Lipinski definition) is 7. The van der Waals surface area contributed by atoms with Crippen molar-refractivity contribution in [2.75, 3.05) is 18.2 Å². The molecule has 0 aromatic heterocycles. The van der Waals surface area contributed by atoms with Gasteiger partial charge in [-0.25, -0.2) is 8.78 Å². The van der Waals surface area contributed by atoms with E-state index in [0.29, 0.717) is 0 Å². The summed E-state index contributed by atoms with van der Waals surface area (Å²) in [6, 6.07) is 5.03. The molecule has 1 aliphatic heterocycles. The molecule has 42 heavy (non-hydrogen) atoms. The Labute approximate surface area is 238 Å². The first-order valence-electron chi connectivity index (χ1n) is 13.9. The molecule has 9 atom stereocenters. The lowest BCUT2D eigenvalue weighted by Crippen LogP contribution is -2.73. The van der Waals surface area contributed by atoms with Crippen LogP contribution in [-0.2, 0) is 14.4 Å². The van der Waals surface area contributed by atoms with Crippen LogP contribution in [0.2, 0.25) is 0 Å². The molecule has 7 nitrogen and oxygen atoms in total. The van der Waals surface area contributed by atoms with Crippen LogP contribution >= 0.6 is 0 Å². The molecule has 1 aromatic carbocycles. The Morgan fingerprint density at radius 1 is 1.21 bits per heavy atom. The lowest BCUT2D eigenvalue weighted by molar-refractivity contribution is -0.274. The van der Waals surface area contributed by atoms with Crippen LogP contribution in [0.4, 0.5) is 27.6 Å². The number of anilines is 1. The summed E-state index contributed by atoms with van der Waals surface area (Å²) in [5.41, 5.74) is -8.12. The van der Waals surface area contributed by atoms with E-state index in [9.17, 15) is 33.0 Å². The average Bonchev–Trinajstić information content (AvgIpc) is 3.37. The van der Waals surface area contributed by atoms with Gasteiger partial charge in [0.25, 0.3) is 0 Å². The number of allylic oxidation sites excluding steroid dienone is 4. The van der Waals surface area contributed by atoms with Gasteiger partial charge in [-0.1, -0.05) is 26.0 Å². The summed E-state index contributed by atoms with van der Waals surface area (Å²) in [4.78, 5) is 32.2. The van der Waals surface area contributed by atoms with E-state index >= 15 is 8.78 Å². The Morgan fingerprint density at radius 3 is 2.60 bits per heavy atom. The predicted octanol–water partition coefficient (Wildman–Crippen LogP) is 4.57. The molecule has 4 aliphatic carbocycles. The smallest absolute Gasteiger partial charge is 0.406 e. The second-order valence-corrected chi connectivity index (χ2v) is 12.9. The van der Waals surface area contributed by atoms with Crippen molar-refractivity contribution in [2.24, 2.45) is 28.1 Å². The number of hydroxylamine groups is 1. The first kappa shape index (κ1) is 29.3. The second-order valence-electron chi connectivity index (χ2n) is 12.9. The fourth-order valence-electron chi connectivity index (χ4n) is 9.31. The Balaban J connectivity index is 1.43. The molecule has 2 N–H and O–H groups in total. The Bertz CT molecular complexity index is 1410. The van der Waals surface area contributed by atoms with Gasteiger partial charge in [0, 0.05) is 28.7 Å². The van der Waals surface area contributed by atoms with Crippen LogP contribution in [0, 0.1) is 28.1 Å². The number of alkyl halides is 5. The van der Waals surface area contributed by atoms with Crippen LogP contribution in [0.3, 0.4) is 0 Å². The van der Waals surface area contributed by atoms with Gasteiger partial charge in [0.15, 0.2) is 22.8 Å². The zero-order valence-corrected chi connectivity index (χ0v) is 23.3. The van der Waals surface area contributed by atoms with E-state index < -0.39 is 81.9 Å². The van der Waals surface area contributed by atoms with Gasteiger partial charge in [-0.2, -0.15) is 0 Å². The largest absolute Gasteiger partial charge is 0.573 e. The average molecular weight is 598 g/mol. The number of aliphatic hydroxyl groups is 2. The molecule has 1 heterocycles. The first-order valence-corrected chi connectivity index (χ1v) is 13.9. The van der Waals surface area contributed by atoms with Crippen molar-refractivity contribution in [3.63, 3.8) is 0 Å². The van der Waals surface area contributed by atoms with E-state index in [-0.39, 0.29) is 37.1 Å². The van der Waals surface area contributed by atoms with Gasteiger partial charge >= 0.3 is 6.36 Å². The molecular weight excluding hydrogens is 565 g/mol. The van der Waals surface area contributed by atoms with Crippen molar-refractivity contribution in [1.82, 2.24) is 0 Å². The third-order valence-corrected chi connectivity index (χ3v) is 11.3. The molecule has 0 radical (unpaired) electrons. The number of fused-ring (bicyclic) bond motifs is 7. The quantitative estimate of drug-likeness (QED) is 0.491. The van der Waals surface area contributed by atoms with Crippen molar-refractivity contribution < 1.29 is 51.3 Å². The molecule has 0 bridgehead atoms. The van der Waals surface area contributed by atoms with E-state index in [1.54, 1.807) is 13.8 Å². The SMILES string of the molecule is C[C@]12C[C@H](O)[C@@]3(F)[C@@H](C[C@H](F)C4=CC(=O)C=C[C@@]43C)[C@]1(C)C[C@H]1CN(c3cccc(OC(F)(F)F)c3)O[C@]12C(=O)CO. The van der Waals surface area contributed by atoms with Gasteiger partial charge in [0.1, 0.15) is 18.5 Å². The number of nitrogens with zero attached hydrogens (tertiary/aromatic N) is 1. The number of ether oxygens (including phenoxy) is 1. The number of Topliss-reactive ketones (excluding diaryl/α,β-unsaturated/α-hetero) is 1. The maximum atomic E-state index is 17.7. The highest BCUT2D eigenvalue weighted by Gasteiger charge is 2.83. The minimum atomic E-state index is -4.93. The van der Waals surface area contributed by atoms with Gasteiger partial charge in [-0.15, -0.1) is 13.2 Å². The van der Waals surface area contributed by atoms with E-state index in [0.717, 1.165) is 18.2 Å². The Kier molecular flexibility index (Phi) is 6.17. The number of carbonyl (C=O) groups is 2. The van der Waals surface area contributed by atoms with Crippen LogP contribution in [0.5, 0.6) is 5.75 Å². The molecule has 0 amide bonds. The minimum Gasteiger partial charge on any atom is -0.406 e. The van der Waals surface area contributed by atoms with Crippen LogP contribution in [0.15, 0.2) is 48.1 Å². The van der Waals surface area contributed by atoms with Crippen LogP contribution in [0.1, 0.15) is 40.0 Å². The number of hydrogen-bond donors (Lipinski definition) is 2. The standard InChI is InChI=1S/C30H32F5NO6/c1-25-8-7-18(38)10-20(25)21(31)11-22-26(2)12-16-14-36(17-5-4-6-19(9-17)41-30(33,34)35)42-29(16,24(40)15-37)27(26,3)13-23(39)28(22,25)32/h4-10,16,21-23,37,39H,11-15H2,1-3H3/t16-,21-,22-,23-,25-,26-,27-,28-,29-/m0/s1. The number of ketones is 2. The van der Waals surface area contributed by atoms with E-state index in [2.05, 4.69) is 4.74 Å². The summed E-state index contributed by atoms with van der Waals surface area (Å²) in [6.07, 6.45) is -5.17. The fraction of sp³-hybridized carbons (Fsp3) is 0.600. The highest BCUT2D eigenvalue weighted by Crippen LogP contribution is 2.77. The highest BCUT2D eigenvalue weighted by atomic mass is 19.4. The number of benzene rings is 1. The Hall–Kier alpha value is -2.83. The maximum Gasteiger partial charge on any atom is 0.573 e. The zero-order valence-electron chi connectivity index (χ0n) is 23.3. The monoisotopic (exact) mass is 597 g/mol. The fourth-order valence-corrected chi connectivity index (χ4v) is 9.31. The molecule has 1 aromatic rings. The van der Waals surface area contributed by atoms with E-state index in [4.69, 9.17) is 4.84 Å². The minimum absolute atomic E-state index is 0.00434. The molecule has 6 rings (SSSR count). The van der Waals surface area contributed by atoms with Crippen LogP contribution in [-0.4, -0.2) is 64.8 Å². The molecule has 12 heteroatoms. The van der Waals surface area contributed by atoms with Gasteiger partial charge in [-0.3, -0.25) is 19.5 Å². The van der Waals surface area contributed by atoms with Crippen molar-refractivity contribution in [3.8, 4) is 5.75 Å².